The molecule has 4 atom stereocenters. The monoisotopic (exact) mass is 794 g/mol. The molecule has 1 saturated heterocycles. The summed E-state index contributed by atoms with van der Waals surface area (Å²) in [6, 6.07) is 9.60. The topological polar surface area (TPSA) is 266 Å². The molecule has 304 valence electrons. The Morgan fingerprint density at radius 3 is 1.89 bits per heavy atom. The molecule has 2 aliphatic rings. The van der Waals surface area contributed by atoms with Crippen molar-refractivity contribution in [3.05, 3.63) is 76.4 Å². The van der Waals surface area contributed by atoms with Crippen molar-refractivity contribution in [1.29, 1.82) is 0 Å². The smallest absolute Gasteiger partial charge is 0.455 e. The molecule has 1 heterocycles. The van der Waals surface area contributed by atoms with Crippen molar-refractivity contribution in [2.45, 2.75) is 56.0 Å². The number of methoxy groups -OCH3 is 2. The van der Waals surface area contributed by atoms with Crippen LogP contribution < -0.4 is 4.74 Å². The number of esters is 3. The first-order valence-electron chi connectivity index (χ1n) is 16.6. The summed E-state index contributed by atoms with van der Waals surface area (Å²) >= 11 is 0. The second kappa shape index (κ2) is 21.6. The van der Waals surface area contributed by atoms with Crippen LogP contribution in [0.25, 0.3) is 12.2 Å². The molecule has 2 aromatic rings. The highest BCUT2D eigenvalue weighted by Gasteiger charge is 2.63. The molecule has 21 heteroatoms. The fourth-order valence-corrected chi connectivity index (χ4v) is 5.92. The first kappa shape index (κ1) is 43.2. The lowest BCUT2D eigenvalue weighted by atomic mass is 9.81. The van der Waals surface area contributed by atoms with Crippen LogP contribution in [0.1, 0.15) is 40.7 Å². The van der Waals surface area contributed by atoms with Gasteiger partial charge in [-0.1, -0.05) is 39.4 Å². The Hall–Kier alpha value is -5.49. The predicted octanol–water partition coefficient (Wildman–Crippen LogP) is 3.51. The van der Waals surface area contributed by atoms with E-state index in [4.69, 9.17) is 39.5 Å². The van der Waals surface area contributed by atoms with Crippen molar-refractivity contribution in [3.8, 4) is 5.75 Å². The van der Waals surface area contributed by atoms with Gasteiger partial charge in [-0.15, -0.1) is 0 Å². The third-order valence-corrected chi connectivity index (χ3v) is 8.41. The van der Waals surface area contributed by atoms with E-state index in [2.05, 4.69) is 39.3 Å². The summed E-state index contributed by atoms with van der Waals surface area (Å²) in [7, 11) is 2.17. The van der Waals surface area contributed by atoms with E-state index in [0.717, 1.165) is 31.9 Å². The quantitative estimate of drug-likeness (QED) is 0.0329. The van der Waals surface area contributed by atoms with E-state index in [0.29, 0.717) is 28.7 Å². The van der Waals surface area contributed by atoms with Crippen LogP contribution in [0.5, 0.6) is 5.75 Å². The first-order valence-corrected chi connectivity index (χ1v) is 16.6. The van der Waals surface area contributed by atoms with Gasteiger partial charge < -0.3 is 33.2 Å². The van der Waals surface area contributed by atoms with Gasteiger partial charge in [-0.2, -0.15) is 0 Å². The third kappa shape index (κ3) is 12.3. The van der Waals surface area contributed by atoms with Crippen LogP contribution in [0, 0.1) is 0 Å². The molecular formula is C35H38O21. The second-order valence-electron chi connectivity index (χ2n) is 11.8. The Kier molecular flexibility index (Phi) is 16.6. The molecule has 1 saturated carbocycles. The van der Waals surface area contributed by atoms with E-state index in [9.17, 15) is 24.0 Å². The molecule has 21 nitrogen and oxygen atoms in total. The van der Waals surface area contributed by atoms with Crippen LogP contribution in [0.3, 0.4) is 0 Å². The van der Waals surface area contributed by atoms with Crippen LogP contribution >= 0.6 is 0 Å². The van der Waals surface area contributed by atoms with Crippen LogP contribution in [-0.4, -0.2) is 104 Å². The van der Waals surface area contributed by atoms with Gasteiger partial charge in [0, 0.05) is 31.4 Å². The van der Waals surface area contributed by atoms with Gasteiger partial charge >= 0.3 is 30.2 Å². The van der Waals surface area contributed by atoms with E-state index in [1.165, 1.54) is 24.3 Å². The zero-order valence-electron chi connectivity index (χ0n) is 29.9. The van der Waals surface area contributed by atoms with Gasteiger partial charge in [-0.25, -0.2) is 54.4 Å². The molecule has 0 spiro atoms. The van der Waals surface area contributed by atoms with Crippen molar-refractivity contribution >= 4 is 42.4 Å². The highest BCUT2D eigenvalue weighted by Crippen LogP contribution is 2.43. The van der Waals surface area contributed by atoms with Crippen molar-refractivity contribution in [2.24, 2.45) is 0 Å². The van der Waals surface area contributed by atoms with Crippen LogP contribution in [0.15, 0.2) is 48.6 Å². The van der Waals surface area contributed by atoms with Gasteiger partial charge in [0.15, 0.2) is 6.10 Å². The van der Waals surface area contributed by atoms with E-state index in [1.54, 1.807) is 24.3 Å². The number of carbonyl (C=O) groups is 5. The summed E-state index contributed by atoms with van der Waals surface area (Å²) < 4.78 is 36.3. The summed E-state index contributed by atoms with van der Waals surface area (Å²) in [5, 5.41) is 36.3. The lowest BCUT2D eigenvalue weighted by molar-refractivity contribution is -0.490. The molecule has 0 unspecified atom stereocenters. The lowest BCUT2D eigenvalue weighted by Crippen LogP contribution is -2.53. The van der Waals surface area contributed by atoms with E-state index in [1.807, 2.05) is 0 Å². The molecule has 3 N–H and O–H groups in total. The zero-order chi connectivity index (χ0) is 40.5. The van der Waals surface area contributed by atoms with Crippen molar-refractivity contribution in [2.75, 3.05) is 34.0 Å². The molecule has 1 aliphatic carbocycles. The van der Waals surface area contributed by atoms with Gasteiger partial charge in [0.05, 0.1) is 34.0 Å². The van der Waals surface area contributed by atoms with Gasteiger partial charge in [0.25, 0.3) is 0 Å². The number of hydrogen-bond acceptors (Lipinski definition) is 21. The Balaban J connectivity index is 1.52. The lowest BCUT2D eigenvalue weighted by Gasteiger charge is -2.36. The molecule has 1 aliphatic heterocycles. The van der Waals surface area contributed by atoms with Gasteiger partial charge in [-0.3, -0.25) is 0 Å². The van der Waals surface area contributed by atoms with Gasteiger partial charge in [0.2, 0.25) is 5.60 Å². The van der Waals surface area contributed by atoms with Crippen LogP contribution in [0.2, 0.25) is 0 Å². The molecule has 2 aromatic carbocycles. The normalized spacial score (nSPS) is 20.1. The highest BCUT2D eigenvalue weighted by atomic mass is 17.5. The standard InChI is InChI=1S/C35H38O21/c1-44-33(39)51-26-8-4-22(18-25(26)13-16-48-56-43)6-10-30(37)52-31-27(19-35(53-34(40)45-2)20-28(31)50-32(35)38)49-29(36)9-5-21-3-7-23(11-14-46-54-41)24(17-21)12-15-47-55-42/h3-10,17-18,27-28,31,41-43H,11-16,19-20H2,1-2H3/b9-5+,10-6+/t27-,28-,31-,35+/m1/s1. The van der Waals surface area contributed by atoms with Crippen LogP contribution in [-0.2, 0) is 91.8 Å². The van der Waals surface area contributed by atoms with Gasteiger partial charge in [0.1, 0.15) is 18.0 Å². The Morgan fingerprint density at radius 2 is 1.29 bits per heavy atom. The summed E-state index contributed by atoms with van der Waals surface area (Å²) in [6.07, 6.45) is -1.08. The number of rotatable bonds is 20. The van der Waals surface area contributed by atoms with E-state index >= 15 is 0 Å². The fourth-order valence-electron chi connectivity index (χ4n) is 5.92. The maximum Gasteiger partial charge on any atom is 0.513 e. The molecular weight excluding hydrogens is 756 g/mol. The third-order valence-electron chi connectivity index (χ3n) is 8.41. The minimum Gasteiger partial charge on any atom is -0.455 e. The first-order chi connectivity index (χ1) is 27.0. The summed E-state index contributed by atoms with van der Waals surface area (Å²) in [5.74, 6) is -2.68. The SMILES string of the molecule is COC(=O)Oc1ccc(/C=C/C(=O)O[C@@H]2[C@H](OC(=O)/C=C/c3ccc(CCOOO)c(CCOOO)c3)C[C@]3(OC(=O)OC)C[C@H]2OC3=O)cc1CCOOO. The average Bonchev–Trinajstić information content (AvgIpc) is 3.45. The molecule has 0 amide bonds. The van der Waals surface area contributed by atoms with Gasteiger partial charge in [-0.05, 0) is 64.9 Å². The summed E-state index contributed by atoms with van der Waals surface area (Å²) in [5.41, 5.74) is 0.978. The Labute approximate surface area is 317 Å². The molecule has 0 aromatic heterocycles. The number of benzene rings is 2. The van der Waals surface area contributed by atoms with Crippen molar-refractivity contribution in [1.82, 2.24) is 0 Å². The minimum atomic E-state index is -1.89. The van der Waals surface area contributed by atoms with E-state index in [-0.39, 0.29) is 44.8 Å². The largest absolute Gasteiger partial charge is 0.513 e. The van der Waals surface area contributed by atoms with Crippen LogP contribution in [0.4, 0.5) is 9.59 Å². The molecule has 56 heavy (non-hydrogen) atoms. The summed E-state index contributed by atoms with van der Waals surface area (Å²) in [6.45, 7) is -0.149. The summed E-state index contributed by atoms with van der Waals surface area (Å²) in [4.78, 5) is 76.7. The van der Waals surface area contributed by atoms with Crippen molar-refractivity contribution < 1.29 is 103 Å². The van der Waals surface area contributed by atoms with Crippen molar-refractivity contribution in [3.63, 3.8) is 0 Å². The predicted molar refractivity (Wildman–Crippen MR) is 179 cm³/mol. The minimum absolute atomic E-state index is 0.0137. The molecule has 2 fully saturated rings. The number of ether oxygens (including phenoxy) is 7. The molecule has 2 bridgehead atoms. The molecule has 0 radical (unpaired) electrons. The average molecular weight is 795 g/mol. The Morgan fingerprint density at radius 1 is 0.732 bits per heavy atom. The highest BCUT2D eigenvalue weighted by molar-refractivity contribution is 5.89. The second-order valence-corrected chi connectivity index (χ2v) is 11.8. The fraction of sp³-hybridized carbons (Fsp3) is 0.400. The maximum atomic E-state index is 13.2. The zero-order valence-corrected chi connectivity index (χ0v) is 29.9. The maximum absolute atomic E-state index is 13.2. The Bertz CT molecular complexity index is 1740. The number of hydrogen-bond donors (Lipinski definition) is 3. The van der Waals surface area contributed by atoms with E-state index < -0.39 is 60.6 Å². The number of fused-ring (bicyclic) bond motifs is 2. The molecule has 4 rings (SSSR count). The number of carbonyl (C=O) groups excluding carboxylic acids is 5.